The number of halogens is 2. The van der Waals surface area contributed by atoms with Gasteiger partial charge in [0.15, 0.2) is 0 Å². The van der Waals surface area contributed by atoms with Crippen LogP contribution in [0.15, 0.2) is 24.3 Å². The minimum Gasteiger partial charge on any atom is -0.310 e. The SMILES string of the molecule is CN(C)C/C=C/C(=O)N(C)c1c(Cl)ccc2c1CNC2.Cl. The third-order valence-corrected chi connectivity index (χ3v) is 3.65. The van der Waals surface area contributed by atoms with E-state index < -0.39 is 0 Å². The number of amides is 1. The predicted octanol–water partition coefficient (Wildman–Crippen LogP) is 2.45. The highest BCUT2D eigenvalue weighted by Crippen LogP contribution is 2.34. The molecule has 2 rings (SSSR count). The molecule has 0 aromatic heterocycles. The summed E-state index contributed by atoms with van der Waals surface area (Å²) in [7, 11) is 5.69. The molecule has 21 heavy (non-hydrogen) atoms. The van der Waals surface area contributed by atoms with Crippen molar-refractivity contribution in [3.8, 4) is 0 Å². The highest BCUT2D eigenvalue weighted by atomic mass is 35.5. The van der Waals surface area contributed by atoms with Gasteiger partial charge in [0.05, 0.1) is 10.7 Å². The molecule has 0 saturated heterocycles. The van der Waals surface area contributed by atoms with E-state index in [-0.39, 0.29) is 18.3 Å². The Labute approximate surface area is 137 Å². The molecule has 116 valence electrons. The van der Waals surface area contributed by atoms with Gasteiger partial charge >= 0.3 is 0 Å². The van der Waals surface area contributed by atoms with E-state index in [1.807, 2.05) is 37.2 Å². The lowest BCUT2D eigenvalue weighted by Crippen LogP contribution is -2.26. The molecule has 4 nitrogen and oxygen atoms in total. The van der Waals surface area contributed by atoms with Crippen molar-refractivity contribution in [1.82, 2.24) is 10.2 Å². The number of benzene rings is 1. The summed E-state index contributed by atoms with van der Waals surface area (Å²) in [5.41, 5.74) is 3.14. The van der Waals surface area contributed by atoms with Gasteiger partial charge < -0.3 is 15.1 Å². The van der Waals surface area contributed by atoms with E-state index in [4.69, 9.17) is 11.6 Å². The Morgan fingerprint density at radius 3 is 2.71 bits per heavy atom. The maximum Gasteiger partial charge on any atom is 0.250 e. The number of likely N-dealkylation sites (N-methyl/N-ethyl adjacent to an activating group) is 2. The van der Waals surface area contributed by atoms with Crippen molar-refractivity contribution in [2.75, 3.05) is 32.6 Å². The van der Waals surface area contributed by atoms with Gasteiger partial charge in [0, 0.05) is 32.8 Å². The summed E-state index contributed by atoms with van der Waals surface area (Å²) in [6.45, 7) is 2.32. The number of carbonyl (C=O) groups is 1. The quantitative estimate of drug-likeness (QED) is 0.862. The number of hydrogen-bond donors (Lipinski definition) is 1. The van der Waals surface area contributed by atoms with Crippen molar-refractivity contribution >= 4 is 35.6 Å². The molecule has 1 amide bonds. The van der Waals surface area contributed by atoms with Crippen molar-refractivity contribution in [3.05, 3.63) is 40.4 Å². The van der Waals surface area contributed by atoms with Gasteiger partial charge in [-0.1, -0.05) is 23.7 Å². The Kier molecular flexibility index (Phi) is 6.68. The van der Waals surface area contributed by atoms with E-state index in [9.17, 15) is 4.79 Å². The van der Waals surface area contributed by atoms with Crippen LogP contribution in [0.3, 0.4) is 0 Å². The second kappa shape index (κ2) is 7.80. The van der Waals surface area contributed by atoms with Crippen LogP contribution in [0.1, 0.15) is 11.1 Å². The molecule has 0 atom stereocenters. The molecule has 1 aliphatic rings. The van der Waals surface area contributed by atoms with Crippen LogP contribution in [0.25, 0.3) is 0 Å². The Balaban J connectivity index is 0.00000220. The predicted molar refractivity (Wildman–Crippen MR) is 90.3 cm³/mol. The lowest BCUT2D eigenvalue weighted by Gasteiger charge is -2.20. The first-order chi connectivity index (χ1) is 9.50. The zero-order valence-electron chi connectivity index (χ0n) is 12.5. The Morgan fingerprint density at radius 1 is 1.33 bits per heavy atom. The summed E-state index contributed by atoms with van der Waals surface area (Å²) in [6, 6.07) is 3.87. The highest BCUT2D eigenvalue weighted by Gasteiger charge is 2.21. The number of nitrogens with one attached hydrogen (secondary N) is 1. The van der Waals surface area contributed by atoms with Crippen LogP contribution < -0.4 is 10.2 Å². The molecule has 0 radical (unpaired) electrons. The molecule has 1 heterocycles. The third-order valence-electron chi connectivity index (χ3n) is 3.34. The van der Waals surface area contributed by atoms with Crippen LogP contribution in [-0.2, 0) is 17.9 Å². The average Bonchev–Trinajstić information content (AvgIpc) is 2.85. The second-order valence-corrected chi connectivity index (χ2v) is 5.61. The van der Waals surface area contributed by atoms with E-state index in [0.717, 1.165) is 30.9 Å². The van der Waals surface area contributed by atoms with Gasteiger partial charge in [-0.05, 0) is 31.3 Å². The molecule has 0 spiro atoms. The fraction of sp³-hybridized carbons (Fsp3) is 0.400. The van der Waals surface area contributed by atoms with Gasteiger partial charge in [-0.3, -0.25) is 4.79 Å². The molecule has 1 N–H and O–H groups in total. The molecule has 0 fully saturated rings. The van der Waals surface area contributed by atoms with Crippen molar-refractivity contribution < 1.29 is 4.79 Å². The minimum absolute atomic E-state index is 0. The first-order valence-electron chi connectivity index (χ1n) is 6.60. The van der Waals surface area contributed by atoms with Crippen LogP contribution in [0.5, 0.6) is 0 Å². The first kappa shape index (κ1) is 18.0. The Morgan fingerprint density at radius 2 is 2.05 bits per heavy atom. The van der Waals surface area contributed by atoms with E-state index >= 15 is 0 Å². The van der Waals surface area contributed by atoms with Crippen LogP contribution >= 0.6 is 24.0 Å². The Bertz CT molecular complexity index is 544. The molecule has 0 bridgehead atoms. The summed E-state index contributed by atoms with van der Waals surface area (Å²) in [4.78, 5) is 15.8. The van der Waals surface area contributed by atoms with Gasteiger partial charge in [0.2, 0.25) is 5.91 Å². The smallest absolute Gasteiger partial charge is 0.250 e. The molecule has 0 saturated carbocycles. The Hall–Kier alpha value is -1.07. The molecule has 6 heteroatoms. The number of rotatable bonds is 4. The first-order valence-corrected chi connectivity index (χ1v) is 6.98. The fourth-order valence-electron chi connectivity index (χ4n) is 2.28. The van der Waals surface area contributed by atoms with Crippen molar-refractivity contribution in [1.29, 1.82) is 0 Å². The topological polar surface area (TPSA) is 35.6 Å². The standard InChI is InChI=1S/C15H20ClN3O.ClH/c1-18(2)8-4-5-14(20)19(3)15-12-10-17-9-11(12)6-7-13(15)16;/h4-7,17H,8-10H2,1-3H3;1H/b5-4+;. The second-order valence-electron chi connectivity index (χ2n) is 5.20. The van der Waals surface area contributed by atoms with Crippen molar-refractivity contribution in [2.45, 2.75) is 13.1 Å². The molecule has 1 aromatic rings. The van der Waals surface area contributed by atoms with Crippen LogP contribution in [-0.4, -0.2) is 38.5 Å². The van der Waals surface area contributed by atoms with Crippen LogP contribution in [0, 0.1) is 0 Å². The summed E-state index contributed by atoms with van der Waals surface area (Å²) < 4.78 is 0. The van der Waals surface area contributed by atoms with Gasteiger partial charge in [-0.2, -0.15) is 0 Å². The monoisotopic (exact) mass is 329 g/mol. The van der Waals surface area contributed by atoms with E-state index in [1.165, 1.54) is 5.56 Å². The number of carbonyl (C=O) groups excluding carboxylic acids is 1. The average molecular weight is 330 g/mol. The molecule has 0 unspecified atom stereocenters. The largest absolute Gasteiger partial charge is 0.310 e. The summed E-state index contributed by atoms with van der Waals surface area (Å²) >= 11 is 6.28. The van der Waals surface area contributed by atoms with Crippen LogP contribution in [0.2, 0.25) is 5.02 Å². The van der Waals surface area contributed by atoms with Gasteiger partial charge in [0.25, 0.3) is 0 Å². The van der Waals surface area contributed by atoms with Gasteiger partial charge in [-0.15, -0.1) is 12.4 Å². The summed E-state index contributed by atoms with van der Waals surface area (Å²) in [6.07, 6.45) is 3.45. The lowest BCUT2D eigenvalue weighted by atomic mass is 10.1. The normalized spacial score (nSPS) is 13.4. The van der Waals surface area contributed by atoms with Crippen molar-refractivity contribution in [3.63, 3.8) is 0 Å². The zero-order chi connectivity index (χ0) is 14.7. The molecule has 1 aliphatic heterocycles. The van der Waals surface area contributed by atoms with Crippen LogP contribution in [0.4, 0.5) is 5.69 Å². The van der Waals surface area contributed by atoms with Gasteiger partial charge in [0.1, 0.15) is 0 Å². The fourth-order valence-corrected chi connectivity index (χ4v) is 2.59. The maximum atomic E-state index is 12.2. The van der Waals surface area contributed by atoms with Gasteiger partial charge in [-0.25, -0.2) is 0 Å². The number of fused-ring (bicyclic) bond motifs is 1. The molecular formula is C15H21Cl2N3O. The number of anilines is 1. The maximum absolute atomic E-state index is 12.2. The number of hydrogen-bond acceptors (Lipinski definition) is 3. The van der Waals surface area contributed by atoms with E-state index in [0.29, 0.717) is 5.02 Å². The molecule has 1 aromatic carbocycles. The summed E-state index contributed by atoms with van der Waals surface area (Å²) in [5.74, 6) is -0.0611. The van der Waals surface area contributed by atoms with E-state index in [1.54, 1.807) is 18.0 Å². The zero-order valence-corrected chi connectivity index (χ0v) is 14.1. The lowest BCUT2D eigenvalue weighted by molar-refractivity contribution is -0.113. The van der Waals surface area contributed by atoms with E-state index in [2.05, 4.69) is 5.32 Å². The highest BCUT2D eigenvalue weighted by molar-refractivity contribution is 6.34. The molecule has 0 aliphatic carbocycles. The summed E-state index contributed by atoms with van der Waals surface area (Å²) in [5, 5.41) is 3.90. The minimum atomic E-state index is -0.0611. The number of nitrogens with zero attached hydrogens (tertiary/aromatic N) is 2. The van der Waals surface area contributed by atoms with Crippen molar-refractivity contribution in [2.24, 2.45) is 0 Å². The third kappa shape index (κ3) is 4.20. The molecular weight excluding hydrogens is 309 g/mol.